The molecule has 1 unspecified atom stereocenters. The van der Waals surface area contributed by atoms with Gasteiger partial charge in [0.1, 0.15) is 5.84 Å². The van der Waals surface area contributed by atoms with Crippen LogP contribution in [-0.2, 0) is 0 Å². The highest BCUT2D eigenvalue weighted by Crippen LogP contribution is 2.19. The fraction of sp³-hybridized carbons (Fsp3) is 0.923. The number of likely N-dealkylation sites (N-methyl/N-ethyl adjacent to an activating group) is 1. The van der Waals surface area contributed by atoms with Crippen LogP contribution < -0.4 is 11.1 Å². The second-order valence-electron chi connectivity index (χ2n) is 5.46. The van der Waals surface area contributed by atoms with Crippen LogP contribution in [0.4, 0.5) is 0 Å². The standard InChI is InChI=1S/C13H30N4O/c1-6-17(7-2)10-11(3)15-9-8-13(4,5)12(14)16-18/h11,15,18H,6-10H2,1-5H3,(H2,14,16). The van der Waals surface area contributed by atoms with Crippen molar-refractivity contribution in [3.63, 3.8) is 0 Å². The van der Waals surface area contributed by atoms with Crippen LogP contribution in [0.2, 0.25) is 0 Å². The molecule has 5 nitrogen and oxygen atoms in total. The zero-order chi connectivity index (χ0) is 14.2. The Morgan fingerprint density at radius 2 is 1.94 bits per heavy atom. The Morgan fingerprint density at radius 1 is 1.39 bits per heavy atom. The molecule has 0 bridgehead atoms. The summed E-state index contributed by atoms with van der Waals surface area (Å²) in [6.07, 6.45) is 0.853. The minimum atomic E-state index is -0.267. The van der Waals surface area contributed by atoms with Crippen LogP contribution in [0, 0.1) is 5.41 Å². The van der Waals surface area contributed by atoms with Crippen molar-refractivity contribution in [1.29, 1.82) is 0 Å². The van der Waals surface area contributed by atoms with Crippen molar-refractivity contribution in [3.05, 3.63) is 0 Å². The summed E-state index contributed by atoms with van der Waals surface area (Å²) in [5, 5.41) is 15.3. The Morgan fingerprint density at radius 3 is 2.39 bits per heavy atom. The number of rotatable bonds is 9. The van der Waals surface area contributed by atoms with E-state index < -0.39 is 0 Å². The lowest BCUT2D eigenvalue weighted by Crippen LogP contribution is -2.41. The van der Waals surface area contributed by atoms with Crippen LogP contribution in [0.15, 0.2) is 5.16 Å². The lowest BCUT2D eigenvalue weighted by atomic mass is 9.88. The number of amidine groups is 1. The van der Waals surface area contributed by atoms with Crippen LogP contribution >= 0.6 is 0 Å². The number of oxime groups is 1. The third kappa shape index (κ3) is 6.21. The highest BCUT2D eigenvalue weighted by molar-refractivity contribution is 5.85. The van der Waals surface area contributed by atoms with Gasteiger partial charge in [-0.15, -0.1) is 0 Å². The van der Waals surface area contributed by atoms with Gasteiger partial charge in [-0.3, -0.25) is 0 Å². The topological polar surface area (TPSA) is 73.9 Å². The van der Waals surface area contributed by atoms with Crippen LogP contribution in [0.5, 0.6) is 0 Å². The van der Waals surface area contributed by atoms with Crippen LogP contribution in [-0.4, -0.2) is 48.2 Å². The molecule has 4 N–H and O–H groups in total. The van der Waals surface area contributed by atoms with Crippen LogP contribution in [0.3, 0.4) is 0 Å². The van der Waals surface area contributed by atoms with Crippen molar-refractivity contribution in [1.82, 2.24) is 10.2 Å². The minimum absolute atomic E-state index is 0.267. The highest BCUT2D eigenvalue weighted by atomic mass is 16.4. The molecule has 0 spiro atoms. The Bertz CT molecular complexity index is 249. The van der Waals surface area contributed by atoms with Crippen LogP contribution in [0.1, 0.15) is 41.0 Å². The van der Waals surface area contributed by atoms with Gasteiger partial charge in [0.15, 0.2) is 0 Å². The largest absolute Gasteiger partial charge is 0.409 e. The van der Waals surface area contributed by atoms with E-state index in [2.05, 4.69) is 36.1 Å². The number of hydrogen-bond acceptors (Lipinski definition) is 4. The fourth-order valence-corrected chi connectivity index (χ4v) is 1.83. The van der Waals surface area contributed by atoms with Crippen molar-refractivity contribution in [2.45, 2.75) is 47.1 Å². The third-order valence-corrected chi connectivity index (χ3v) is 3.47. The Hall–Kier alpha value is -0.810. The molecule has 0 aromatic rings. The monoisotopic (exact) mass is 258 g/mol. The van der Waals surface area contributed by atoms with Crippen molar-refractivity contribution in [2.24, 2.45) is 16.3 Å². The predicted molar refractivity (Wildman–Crippen MR) is 77.1 cm³/mol. The molecule has 0 fully saturated rings. The Kier molecular flexibility index (Phi) is 7.95. The van der Waals surface area contributed by atoms with E-state index in [1.807, 2.05) is 13.8 Å². The molecule has 18 heavy (non-hydrogen) atoms. The summed E-state index contributed by atoms with van der Waals surface area (Å²) in [6.45, 7) is 14.6. The summed E-state index contributed by atoms with van der Waals surface area (Å²) in [5.41, 5.74) is 5.39. The molecule has 0 aliphatic rings. The maximum absolute atomic E-state index is 8.70. The molecular weight excluding hydrogens is 228 g/mol. The molecule has 0 saturated heterocycles. The highest BCUT2D eigenvalue weighted by Gasteiger charge is 2.23. The first-order valence-corrected chi connectivity index (χ1v) is 6.81. The first-order chi connectivity index (χ1) is 8.37. The van der Waals surface area contributed by atoms with Gasteiger partial charge in [0.05, 0.1) is 0 Å². The molecule has 108 valence electrons. The molecule has 0 amide bonds. The first kappa shape index (κ1) is 17.2. The normalized spacial score (nSPS) is 15.1. The van der Waals surface area contributed by atoms with Gasteiger partial charge >= 0.3 is 0 Å². The van der Waals surface area contributed by atoms with E-state index in [1.54, 1.807) is 0 Å². The zero-order valence-corrected chi connectivity index (χ0v) is 12.5. The summed E-state index contributed by atoms with van der Waals surface area (Å²) < 4.78 is 0. The number of hydrogen-bond donors (Lipinski definition) is 3. The molecule has 0 radical (unpaired) electrons. The van der Waals surface area contributed by atoms with Crippen molar-refractivity contribution in [3.8, 4) is 0 Å². The zero-order valence-electron chi connectivity index (χ0n) is 12.5. The van der Waals surface area contributed by atoms with Crippen LogP contribution in [0.25, 0.3) is 0 Å². The van der Waals surface area contributed by atoms with E-state index >= 15 is 0 Å². The van der Waals surface area contributed by atoms with Gasteiger partial charge in [-0.25, -0.2) is 0 Å². The molecule has 0 aromatic carbocycles. The third-order valence-electron chi connectivity index (χ3n) is 3.47. The Balaban J connectivity index is 3.97. The molecule has 0 rings (SSSR count). The average Bonchev–Trinajstić information content (AvgIpc) is 2.34. The van der Waals surface area contributed by atoms with Gasteiger partial charge in [0, 0.05) is 18.0 Å². The molecule has 1 atom stereocenters. The average molecular weight is 258 g/mol. The second kappa shape index (κ2) is 8.32. The number of nitrogens with two attached hydrogens (primary N) is 1. The minimum Gasteiger partial charge on any atom is -0.409 e. The van der Waals surface area contributed by atoms with Gasteiger partial charge in [0.25, 0.3) is 0 Å². The second-order valence-corrected chi connectivity index (χ2v) is 5.46. The smallest absolute Gasteiger partial charge is 0.144 e. The summed E-state index contributed by atoms with van der Waals surface area (Å²) in [5.74, 6) is 0.292. The van der Waals surface area contributed by atoms with Crippen molar-refractivity contribution in [2.75, 3.05) is 26.2 Å². The Labute approximate surface area is 111 Å². The van der Waals surface area contributed by atoms with Gasteiger partial charge in [-0.05, 0) is 33.0 Å². The molecule has 0 aromatic heterocycles. The summed E-state index contributed by atoms with van der Waals surface area (Å²) in [6, 6.07) is 0.452. The summed E-state index contributed by atoms with van der Waals surface area (Å²) in [7, 11) is 0. The maximum atomic E-state index is 8.70. The van der Waals surface area contributed by atoms with E-state index in [4.69, 9.17) is 10.9 Å². The number of nitrogens with zero attached hydrogens (tertiary/aromatic N) is 2. The molecule has 0 aliphatic carbocycles. The summed E-state index contributed by atoms with van der Waals surface area (Å²) >= 11 is 0. The first-order valence-electron chi connectivity index (χ1n) is 6.81. The molecule has 0 heterocycles. The fourth-order valence-electron chi connectivity index (χ4n) is 1.83. The molecule has 0 aliphatic heterocycles. The summed E-state index contributed by atoms with van der Waals surface area (Å²) in [4.78, 5) is 2.40. The lowest BCUT2D eigenvalue weighted by molar-refractivity contribution is 0.266. The predicted octanol–water partition coefficient (Wildman–Crippen LogP) is 1.47. The maximum Gasteiger partial charge on any atom is 0.144 e. The van der Waals surface area contributed by atoms with E-state index in [1.165, 1.54) is 0 Å². The van der Waals surface area contributed by atoms with Gasteiger partial charge in [0.2, 0.25) is 0 Å². The molecular formula is C13H30N4O. The molecule has 0 saturated carbocycles. The quantitative estimate of drug-likeness (QED) is 0.253. The SMILES string of the molecule is CCN(CC)CC(C)NCCC(C)(C)C(N)=NO. The van der Waals surface area contributed by atoms with E-state index in [-0.39, 0.29) is 5.41 Å². The van der Waals surface area contributed by atoms with Crippen molar-refractivity contribution >= 4 is 5.84 Å². The lowest BCUT2D eigenvalue weighted by Gasteiger charge is -2.26. The number of nitrogens with one attached hydrogen (secondary N) is 1. The van der Waals surface area contributed by atoms with Gasteiger partial charge in [-0.2, -0.15) is 0 Å². The molecule has 5 heteroatoms. The van der Waals surface area contributed by atoms with Crippen molar-refractivity contribution < 1.29 is 5.21 Å². The van der Waals surface area contributed by atoms with E-state index in [0.29, 0.717) is 11.9 Å². The van der Waals surface area contributed by atoms with Gasteiger partial charge in [-0.1, -0.05) is 32.9 Å². The van der Waals surface area contributed by atoms with E-state index in [0.717, 1.165) is 32.6 Å². The van der Waals surface area contributed by atoms with E-state index in [9.17, 15) is 0 Å². The van der Waals surface area contributed by atoms with Gasteiger partial charge < -0.3 is 21.2 Å².